The summed E-state index contributed by atoms with van der Waals surface area (Å²) in [5.41, 5.74) is 1.79. The molecule has 0 heterocycles. The van der Waals surface area contributed by atoms with Crippen molar-refractivity contribution in [2.24, 2.45) is 0 Å². The summed E-state index contributed by atoms with van der Waals surface area (Å²) in [5, 5.41) is 0.604. The lowest BCUT2D eigenvalue weighted by molar-refractivity contribution is 0.0600. The molecule has 0 bridgehead atoms. The van der Waals surface area contributed by atoms with Gasteiger partial charge in [-0.1, -0.05) is 26.0 Å². The molecule has 0 aliphatic carbocycles. The van der Waals surface area contributed by atoms with Gasteiger partial charge in [0.2, 0.25) is 0 Å². The van der Waals surface area contributed by atoms with Crippen molar-refractivity contribution < 1.29 is 9.53 Å². The van der Waals surface area contributed by atoms with Crippen LogP contribution in [0.5, 0.6) is 0 Å². The average molecular weight is 224 g/mol. The van der Waals surface area contributed by atoms with Crippen LogP contribution in [-0.4, -0.2) is 18.3 Å². The lowest BCUT2D eigenvalue weighted by Crippen LogP contribution is -2.01. The Labute approximate surface area is 95.0 Å². The van der Waals surface area contributed by atoms with Crippen molar-refractivity contribution in [3.63, 3.8) is 0 Å². The van der Waals surface area contributed by atoms with Crippen LogP contribution in [0.3, 0.4) is 0 Å². The van der Waals surface area contributed by atoms with Gasteiger partial charge in [0.25, 0.3) is 0 Å². The lowest BCUT2D eigenvalue weighted by atomic mass is 10.1. The minimum atomic E-state index is -0.272. The fraction of sp³-hybridized carbons (Fsp3) is 0.417. The molecule has 0 spiro atoms. The van der Waals surface area contributed by atoms with E-state index in [2.05, 4.69) is 18.6 Å². The van der Waals surface area contributed by atoms with Crippen molar-refractivity contribution in [2.75, 3.05) is 7.11 Å². The molecular weight excluding hydrogens is 208 g/mol. The van der Waals surface area contributed by atoms with E-state index in [-0.39, 0.29) is 5.97 Å². The molecular formula is C12H16O2S. The number of carbonyl (C=O) groups excluding carboxylic acids is 1. The van der Waals surface area contributed by atoms with Gasteiger partial charge in [-0.2, -0.15) is 11.8 Å². The van der Waals surface area contributed by atoms with E-state index in [1.54, 1.807) is 6.07 Å². The summed E-state index contributed by atoms with van der Waals surface area (Å²) < 4.78 is 4.67. The largest absolute Gasteiger partial charge is 0.465 e. The third-order valence-electron chi connectivity index (χ3n) is 1.93. The normalized spacial score (nSPS) is 10.4. The van der Waals surface area contributed by atoms with Crippen LogP contribution < -0.4 is 0 Å². The van der Waals surface area contributed by atoms with Crippen molar-refractivity contribution in [1.29, 1.82) is 0 Å². The van der Waals surface area contributed by atoms with Crippen molar-refractivity contribution in [3.8, 4) is 0 Å². The van der Waals surface area contributed by atoms with Crippen LogP contribution in [0.4, 0.5) is 0 Å². The fourth-order valence-corrected chi connectivity index (χ4v) is 1.87. The van der Waals surface area contributed by atoms with Crippen LogP contribution >= 0.6 is 11.8 Å². The van der Waals surface area contributed by atoms with E-state index in [1.165, 1.54) is 7.11 Å². The predicted molar refractivity (Wildman–Crippen MR) is 64.2 cm³/mol. The van der Waals surface area contributed by atoms with E-state index in [1.807, 2.05) is 30.0 Å². The van der Waals surface area contributed by atoms with Crippen LogP contribution in [0.2, 0.25) is 0 Å². The van der Waals surface area contributed by atoms with E-state index in [0.29, 0.717) is 10.8 Å². The first-order valence-electron chi connectivity index (χ1n) is 4.92. The summed E-state index contributed by atoms with van der Waals surface area (Å²) in [7, 11) is 1.40. The Morgan fingerprint density at radius 3 is 2.80 bits per heavy atom. The zero-order chi connectivity index (χ0) is 11.3. The number of rotatable bonds is 4. The van der Waals surface area contributed by atoms with E-state index < -0.39 is 0 Å². The molecule has 0 aliphatic rings. The first-order chi connectivity index (χ1) is 7.13. The molecule has 0 aliphatic heterocycles. The molecule has 0 radical (unpaired) electrons. The zero-order valence-electron chi connectivity index (χ0n) is 9.32. The van der Waals surface area contributed by atoms with Gasteiger partial charge in [-0.15, -0.1) is 0 Å². The molecule has 1 aromatic rings. The van der Waals surface area contributed by atoms with Gasteiger partial charge in [-0.25, -0.2) is 4.79 Å². The van der Waals surface area contributed by atoms with E-state index in [9.17, 15) is 4.79 Å². The van der Waals surface area contributed by atoms with Crippen molar-refractivity contribution in [3.05, 3.63) is 35.4 Å². The number of benzene rings is 1. The maximum Gasteiger partial charge on any atom is 0.337 e. The zero-order valence-corrected chi connectivity index (χ0v) is 10.1. The minimum absolute atomic E-state index is 0.272. The highest BCUT2D eigenvalue weighted by Crippen LogP contribution is 2.18. The summed E-state index contributed by atoms with van der Waals surface area (Å²) in [4.78, 5) is 11.3. The van der Waals surface area contributed by atoms with Gasteiger partial charge < -0.3 is 4.74 Å². The second-order valence-corrected chi connectivity index (χ2v) is 5.12. The fourth-order valence-electron chi connectivity index (χ4n) is 1.17. The summed E-state index contributed by atoms with van der Waals surface area (Å²) in [6, 6.07) is 7.58. The van der Waals surface area contributed by atoms with Gasteiger partial charge in [-0.05, 0) is 22.9 Å². The Bertz CT molecular complexity index is 334. The second-order valence-electron chi connectivity index (χ2n) is 3.55. The van der Waals surface area contributed by atoms with Gasteiger partial charge in [0.05, 0.1) is 12.7 Å². The first kappa shape index (κ1) is 12.1. The molecule has 0 fully saturated rings. The average Bonchev–Trinajstić information content (AvgIpc) is 2.25. The van der Waals surface area contributed by atoms with Gasteiger partial charge in [0.15, 0.2) is 0 Å². The lowest BCUT2D eigenvalue weighted by Gasteiger charge is -2.06. The van der Waals surface area contributed by atoms with Gasteiger partial charge in [0, 0.05) is 5.75 Å². The maximum atomic E-state index is 11.3. The van der Waals surface area contributed by atoms with Crippen LogP contribution in [0.1, 0.15) is 29.8 Å². The molecule has 82 valence electrons. The monoisotopic (exact) mass is 224 g/mol. The summed E-state index contributed by atoms with van der Waals surface area (Å²) in [6.07, 6.45) is 0. The Kier molecular flexibility index (Phi) is 4.69. The highest BCUT2D eigenvalue weighted by molar-refractivity contribution is 7.99. The van der Waals surface area contributed by atoms with Crippen molar-refractivity contribution in [2.45, 2.75) is 24.9 Å². The molecule has 0 saturated carbocycles. The van der Waals surface area contributed by atoms with Gasteiger partial charge >= 0.3 is 5.97 Å². The SMILES string of the molecule is COC(=O)c1cccc(CSC(C)C)c1. The maximum absolute atomic E-state index is 11.3. The number of ether oxygens (including phenoxy) is 1. The number of carbonyl (C=O) groups is 1. The van der Waals surface area contributed by atoms with E-state index in [0.717, 1.165) is 11.3 Å². The Hall–Kier alpha value is -0.960. The molecule has 0 unspecified atom stereocenters. The number of thioether (sulfide) groups is 1. The van der Waals surface area contributed by atoms with Crippen LogP contribution in [-0.2, 0) is 10.5 Å². The Balaban J connectivity index is 2.70. The number of hydrogen-bond acceptors (Lipinski definition) is 3. The molecule has 1 rings (SSSR count). The van der Waals surface area contributed by atoms with E-state index in [4.69, 9.17) is 0 Å². The summed E-state index contributed by atoms with van der Waals surface area (Å²) >= 11 is 1.86. The van der Waals surface area contributed by atoms with Crippen LogP contribution in [0, 0.1) is 0 Å². The predicted octanol–water partition coefficient (Wildman–Crippen LogP) is 3.11. The highest BCUT2D eigenvalue weighted by atomic mass is 32.2. The minimum Gasteiger partial charge on any atom is -0.465 e. The molecule has 0 atom stereocenters. The first-order valence-corrected chi connectivity index (χ1v) is 5.97. The van der Waals surface area contributed by atoms with Crippen LogP contribution in [0.25, 0.3) is 0 Å². The molecule has 0 saturated heterocycles. The molecule has 3 heteroatoms. The molecule has 2 nitrogen and oxygen atoms in total. The molecule has 0 aromatic heterocycles. The van der Waals surface area contributed by atoms with Gasteiger partial charge in [-0.3, -0.25) is 0 Å². The Morgan fingerprint density at radius 1 is 1.47 bits per heavy atom. The number of esters is 1. The van der Waals surface area contributed by atoms with Crippen LogP contribution in [0.15, 0.2) is 24.3 Å². The molecule has 1 aromatic carbocycles. The standard InChI is InChI=1S/C12H16O2S/c1-9(2)15-8-10-5-4-6-11(7-10)12(13)14-3/h4-7,9H,8H2,1-3H3. The molecule has 15 heavy (non-hydrogen) atoms. The van der Waals surface area contributed by atoms with Crippen molar-refractivity contribution in [1.82, 2.24) is 0 Å². The number of methoxy groups -OCH3 is 1. The van der Waals surface area contributed by atoms with Gasteiger partial charge in [0.1, 0.15) is 0 Å². The smallest absolute Gasteiger partial charge is 0.337 e. The summed E-state index contributed by atoms with van der Waals surface area (Å²) in [6.45, 7) is 4.32. The Morgan fingerprint density at radius 2 is 2.20 bits per heavy atom. The van der Waals surface area contributed by atoms with Crippen molar-refractivity contribution >= 4 is 17.7 Å². The highest BCUT2D eigenvalue weighted by Gasteiger charge is 2.05. The molecule has 0 N–H and O–H groups in total. The third kappa shape index (κ3) is 3.96. The quantitative estimate of drug-likeness (QED) is 0.735. The van der Waals surface area contributed by atoms with E-state index >= 15 is 0 Å². The number of hydrogen-bond donors (Lipinski definition) is 0. The topological polar surface area (TPSA) is 26.3 Å². The molecule has 0 amide bonds. The third-order valence-corrected chi connectivity index (χ3v) is 3.10. The summed E-state index contributed by atoms with van der Waals surface area (Å²) in [5.74, 6) is 0.661. The second kappa shape index (κ2) is 5.81.